The Kier molecular flexibility index (Phi) is 5.28. The molecule has 8 heteroatoms. The molecule has 2 aliphatic rings. The van der Waals surface area contributed by atoms with Crippen LogP contribution in [0.4, 0.5) is 0 Å². The van der Waals surface area contributed by atoms with Gasteiger partial charge in [0.25, 0.3) is 5.91 Å². The van der Waals surface area contributed by atoms with Crippen molar-refractivity contribution in [3.8, 4) is 11.5 Å². The predicted octanol–water partition coefficient (Wildman–Crippen LogP) is 2.99. The average Bonchev–Trinajstić information content (AvgIpc) is 3.37. The van der Waals surface area contributed by atoms with E-state index in [9.17, 15) is 4.79 Å². The fourth-order valence-corrected chi connectivity index (χ4v) is 4.51. The summed E-state index contributed by atoms with van der Waals surface area (Å²) in [5.74, 6) is 1.44. The number of benzene rings is 2. The summed E-state index contributed by atoms with van der Waals surface area (Å²) in [5, 5.41) is 0. The van der Waals surface area contributed by atoms with Crippen LogP contribution in [0.1, 0.15) is 10.4 Å². The Morgan fingerprint density at radius 1 is 1.10 bits per heavy atom. The number of amides is 1. The summed E-state index contributed by atoms with van der Waals surface area (Å²) in [6.07, 6.45) is -0.523. The van der Waals surface area contributed by atoms with Gasteiger partial charge in [-0.2, -0.15) is 0 Å². The first-order valence-electron chi connectivity index (χ1n) is 9.86. The highest BCUT2D eigenvalue weighted by molar-refractivity contribution is 7.16. The van der Waals surface area contributed by atoms with Crippen molar-refractivity contribution in [3.63, 3.8) is 0 Å². The molecule has 7 nitrogen and oxygen atoms in total. The van der Waals surface area contributed by atoms with Gasteiger partial charge in [0.1, 0.15) is 29.8 Å². The van der Waals surface area contributed by atoms with E-state index >= 15 is 0 Å². The van der Waals surface area contributed by atoms with Crippen molar-refractivity contribution in [1.82, 2.24) is 9.88 Å². The number of hydrogen-bond donors (Lipinski definition) is 0. The number of fused-ring (bicyclic) bond motifs is 2. The third-order valence-corrected chi connectivity index (χ3v) is 6.23. The lowest BCUT2D eigenvalue weighted by Crippen LogP contribution is -2.32. The van der Waals surface area contributed by atoms with Crippen LogP contribution in [-0.2, 0) is 9.47 Å². The van der Waals surface area contributed by atoms with Crippen LogP contribution in [0.25, 0.3) is 10.2 Å². The lowest BCUT2D eigenvalue weighted by atomic mass is 10.2. The van der Waals surface area contributed by atoms with E-state index < -0.39 is 0 Å². The SMILES string of the molecule is COc1cccc(OC2CO[C@H]3CN(C(=O)c4ccc5scnc5c4)C[C@@H]3OC2)c1. The molecule has 1 amide bonds. The number of carbonyl (C=O) groups excluding carboxylic acids is 1. The number of thiazole rings is 1. The van der Waals surface area contributed by atoms with Crippen LogP contribution in [0.5, 0.6) is 11.5 Å². The Hall–Kier alpha value is -2.68. The minimum absolute atomic E-state index is 0.0191. The van der Waals surface area contributed by atoms with Gasteiger partial charge < -0.3 is 23.8 Å². The van der Waals surface area contributed by atoms with Crippen molar-refractivity contribution >= 4 is 27.5 Å². The summed E-state index contributed by atoms with van der Waals surface area (Å²) >= 11 is 1.57. The number of carbonyl (C=O) groups is 1. The minimum Gasteiger partial charge on any atom is -0.497 e. The lowest BCUT2D eigenvalue weighted by molar-refractivity contribution is -0.00461. The van der Waals surface area contributed by atoms with E-state index in [-0.39, 0.29) is 24.2 Å². The van der Waals surface area contributed by atoms with E-state index in [1.165, 1.54) is 0 Å². The third kappa shape index (κ3) is 3.86. The molecule has 2 aromatic carbocycles. The van der Waals surface area contributed by atoms with Gasteiger partial charge in [-0.15, -0.1) is 11.3 Å². The fourth-order valence-electron chi connectivity index (χ4n) is 3.85. The van der Waals surface area contributed by atoms with Gasteiger partial charge in [0.15, 0.2) is 0 Å². The molecular weight excluding hydrogens is 404 g/mol. The molecule has 1 aromatic heterocycles. The van der Waals surface area contributed by atoms with Crippen molar-refractivity contribution in [1.29, 1.82) is 0 Å². The highest BCUT2D eigenvalue weighted by Crippen LogP contribution is 2.26. The summed E-state index contributed by atoms with van der Waals surface area (Å²) < 4.78 is 24.4. The fraction of sp³-hybridized carbons (Fsp3) is 0.364. The molecule has 156 valence electrons. The Balaban J connectivity index is 1.20. The van der Waals surface area contributed by atoms with Gasteiger partial charge in [0, 0.05) is 24.7 Å². The zero-order valence-corrected chi connectivity index (χ0v) is 17.3. The summed E-state index contributed by atoms with van der Waals surface area (Å²) in [4.78, 5) is 19.1. The number of rotatable bonds is 4. The molecule has 2 fully saturated rings. The van der Waals surface area contributed by atoms with Gasteiger partial charge in [-0.05, 0) is 30.3 Å². The predicted molar refractivity (Wildman–Crippen MR) is 112 cm³/mol. The molecule has 0 saturated carbocycles. The zero-order chi connectivity index (χ0) is 20.5. The molecule has 0 unspecified atom stereocenters. The first kappa shape index (κ1) is 19.3. The summed E-state index contributed by atoms with van der Waals surface area (Å²) in [5.41, 5.74) is 3.28. The van der Waals surface area contributed by atoms with Crippen LogP contribution in [0, 0.1) is 0 Å². The monoisotopic (exact) mass is 426 g/mol. The van der Waals surface area contributed by atoms with E-state index in [1.807, 2.05) is 42.5 Å². The summed E-state index contributed by atoms with van der Waals surface area (Å²) in [6, 6.07) is 13.1. The number of nitrogens with zero attached hydrogens (tertiary/aromatic N) is 2. The summed E-state index contributed by atoms with van der Waals surface area (Å²) in [7, 11) is 1.63. The first-order valence-corrected chi connectivity index (χ1v) is 10.7. The van der Waals surface area contributed by atoms with Crippen molar-refractivity contribution in [3.05, 3.63) is 53.5 Å². The number of methoxy groups -OCH3 is 1. The quantitative estimate of drug-likeness (QED) is 0.639. The topological polar surface area (TPSA) is 70.1 Å². The summed E-state index contributed by atoms with van der Waals surface area (Å²) in [6.45, 7) is 1.82. The van der Waals surface area contributed by atoms with Crippen molar-refractivity contribution in [2.75, 3.05) is 33.4 Å². The average molecular weight is 426 g/mol. The van der Waals surface area contributed by atoms with Crippen LogP contribution >= 0.6 is 11.3 Å². The molecule has 0 bridgehead atoms. The van der Waals surface area contributed by atoms with E-state index in [1.54, 1.807) is 28.9 Å². The zero-order valence-electron chi connectivity index (χ0n) is 16.5. The van der Waals surface area contributed by atoms with E-state index in [0.717, 1.165) is 16.0 Å². The van der Waals surface area contributed by atoms with Crippen LogP contribution in [-0.4, -0.2) is 67.5 Å². The molecular formula is C22H22N2O5S. The van der Waals surface area contributed by atoms with Crippen molar-refractivity contribution in [2.24, 2.45) is 0 Å². The van der Waals surface area contributed by atoms with Gasteiger partial charge in [-0.1, -0.05) is 6.07 Å². The van der Waals surface area contributed by atoms with Gasteiger partial charge in [-0.3, -0.25) is 4.79 Å². The van der Waals surface area contributed by atoms with Crippen LogP contribution in [0.2, 0.25) is 0 Å². The van der Waals surface area contributed by atoms with E-state index in [0.29, 0.717) is 37.6 Å². The van der Waals surface area contributed by atoms with Crippen molar-refractivity contribution < 1.29 is 23.7 Å². The van der Waals surface area contributed by atoms with E-state index in [2.05, 4.69) is 4.98 Å². The lowest BCUT2D eigenvalue weighted by Gasteiger charge is -2.20. The standard InChI is InChI=1S/C22H22N2O5S/c1-26-15-3-2-4-16(8-15)29-17-11-27-19-9-24(10-20(19)28-12-17)22(25)14-5-6-21-18(7-14)23-13-30-21/h2-8,13,17,19-20H,9-12H2,1H3/t19-,20-/m0/s1. The highest BCUT2D eigenvalue weighted by atomic mass is 32.1. The molecule has 5 rings (SSSR count). The van der Waals surface area contributed by atoms with Gasteiger partial charge in [0.05, 0.1) is 36.1 Å². The third-order valence-electron chi connectivity index (χ3n) is 5.42. The van der Waals surface area contributed by atoms with Gasteiger partial charge in [-0.25, -0.2) is 4.98 Å². The molecule has 2 aliphatic heterocycles. The largest absolute Gasteiger partial charge is 0.497 e. The van der Waals surface area contributed by atoms with Crippen LogP contribution in [0.15, 0.2) is 48.0 Å². The second-order valence-electron chi connectivity index (χ2n) is 7.41. The normalized spacial score (nSPS) is 22.0. The molecule has 0 radical (unpaired) electrons. The molecule has 30 heavy (non-hydrogen) atoms. The highest BCUT2D eigenvalue weighted by Gasteiger charge is 2.40. The van der Waals surface area contributed by atoms with Crippen LogP contribution in [0.3, 0.4) is 0 Å². The number of ether oxygens (including phenoxy) is 4. The molecule has 3 heterocycles. The maximum absolute atomic E-state index is 13.0. The Morgan fingerprint density at radius 3 is 2.63 bits per heavy atom. The van der Waals surface area contributed by atoms with E-state index in [4.69, 9.17) is 18.9 Å². The van der Waals surface area contributed by atoms with Gasteiger partial charge in [0.2, 0.25) is 0 Å². The van der Waals surface area contributed by atoms with Gasteiger partial charge >= 0.3 is 0 Å². The number of hydrogen-bond acceptors (Lipinski definition) is 7. The van der Waals surface area contributed by atoms with Crippen LogP contribution < -0.4 is 9.47 Å². The maximum atomic E-state index is 13.0. The first-order chi connectivity index (χ1) is 14.7. The molecule has 0 spiro atoms. The molecule has 3 aromatic rings. The molecule has 0 N–H and O–H groups in total. The Labute approximate surface area is 178 Å². The number of likely N-dealkylation sites (tertiary alicyclic amines) is 1. The maximum Gasteiger partial charge on any atom is 0.254 e. The molecule has 2 atom stereocenters. The molecule has 2 saturated heterocycles. The molecule has 0 aliphatic carbocycles. The van der Waals surface area contributed by atoms with Crippen molar-refractivity contribution in [2.45, 2.75) is 18.3 Å². The number of aromatic nitrogens is 1. The second-order valence-corrected chi connectivity index (χ2v) is 8.29. The second kappa shape index (κ2) is 8.22. The Morgan fingerprint density at radius 2 is 1.87 bits per heavy atom. The minimum atomic E-state index is -0.209. The Bertz CT molecular complexity index is 1040. The smallest absolute Gasteiger partial charge is 0.254 e.